The molecular weight excluding hydrogens is 390 g/mol. The van der Waals surface area contributed by atoms with Gasteiger partial charge in [0.15, 0.2) is 0 Å². The van der Waals surface area contributed by atoms with Gasteiger partial charge < -0.3 is 10.3 Å². The van der Waals surface area contributed by atoms with E-state index in [9.17, 15) is 0 Å². The van der Waals surface area contributed by atoms with Crippen LogP contribution in [0.1, 0.15) is 95.9 Å². The van der Waals surface area contributed by atoms with Crippen LogP contribution in [0.25, 0.3) is 16.5 Å². The average molecular weight is 432 g/mol. The molecule has 1 fully saturated rings. The number of benzene rings is 1. The predicted octanol–water partition coefficient (Wildman–Crippen LogP) is 7.88. The molecule has 0 bridgehead atoms. The fourth-order valence-electron chi connectivity index (χ4n) is 5.11. The molecule has 0 atom stereocenters. The molecular formula is C29H41N3. The monoisotopic (exact) mass is 431 g/mol. The van der Waals surface area contributed by atoms with Gasteiger partial charge in [0.05, 0.1) is 0 Å². The summed E-state index contributed by atoms with van der Waals surface area (Å²) < 4.78 is 0. The molecule has 0 radical (unpaired) electrons. The standard InChI is InChI=1S/C29H41N3/c1-8-11-26(31-10-3)21(7)20(6)24(9-2)29-28(19(4)5)25-18-23(12-13-27(25)32-29)22-14-16-30-17-15-22/h9-10,12-13,18-19,22,30,32H,3,8,11,14-17H2,1-2,4-7H3/b21-20-,24-9+,31-26?. The maximum Gasteiger partial charge on any atom is 0.0499 e. The molecule has 2 heterocycles. The Morgan fingerprint density at radius 1 is 1.19 bits per heavy atom. The summed E-state index contributed by atoms with van der Waals surface area (Å²) in [5.41, 5.74) is 10.4. The molecule has 0 spiro atoms. The Labute approximate surface area is 194 Å². The average Bonchev–Trinajstić information content (AvgIpc) is 3.18. The molecule has 1 aromatic carbocycles. The minimum absolute atomic E-state index is 0.432. The molecule has 32 heavy (non-hydrogen) atoms. The molecule has 2 N–H and O–H groups in total. The van der Waals surface area contributed by atoms with Gasteiger partial charge in [-0.1, -0.05) is 45.9 Å². The number of allylic oxidation sites excluding steroid dienone is 4. The SMILES string of the molecule is C=CN=C(CCC)/C(C)=C(C)\C(=C/C)c1[nH]c2ccc(C3CCNCC3)cc2c1C(C)C. The van der Waals surface area contributed by atoms with Crippen molar-refractivity contribution >= 4 is 22.2 Å². The lowest BCUT2D eigenvalue weighted by Gasteiger charge is -2.23. The third-order valence-corrected chi connectivity index (χ3v) is 6.94. The number of hydrogen-bond donors (Lipinski definition) is 2. The van der Waals surface area contributed by atoms with Gasteiger partial charge in [0.1, 0.15) is 0 Å². The Morgan fingerprint density at radius 2 is 1.91 bits per heavy atom. The highest BCUT2D eigenvalue weighted by Gasteiger charge is 2.22. The van der Waals surface area contributed by atoms with E-state index >= 15 is 0 Å². The second-order valence-corrected chi connectivity index (χ2v) is 9.36. The molecule has 1 saturated heterocycles. The first-order valence-corrected chi connectivity index (χ1v) is 12.3. The molecule has 2 aromatic rings. The van der Waals surface area contributed by atoms with Crippen molar-refractivity contribution in [3.63, 3.8) is 0 Å². The predicted molar refractivity (Wildman–Crippen MR) is 142 cm³/mol. The highest BCUT2D eigenvalue weighted by atomic mass is 14.9. The van der Waals surface area contributed by atoms with Crippen molar-refractivity contribution in [2.24, 2.45) is 4.99 Å². The summed E-state index contributed by atoms with van der Waals surface area (Å²) in [7, 11) is 0. The number of H-pyrrole nitrogens is 1. The van der Waals surface area contributed by atoms with Gasteiger partial charge in [-0.2, -0.15) is 0 Å². The van der Waals surface area contributed by atoms with Gasteiger partial charge in [0, 0.05) is 28.5 Å². The Balaban J connectivity index is 2.13. The van der Waals surface area contributed by atoms with Crippen LogP contribution in [0.4, 0.5) is 0 Å². The summed E-state index contributed by atoms with van der Waals surface area (Å²) in [4.78, 5) is 8.38. The van der Waals surface area contributed by atoms with E-state index in [1.54, 1.807) is 6.20 Å². The summed E-state index contributed by atoms with van der Waals surface area (Å²) in [6, 6.07) is 7.09. The van der Waals surface area contributed by atoms with Crippen LogP contribution in [0.3, 0.4) is 0 Å². The number of nitrogens with one attached hydrogen (secondary N) is 2. The lowest BCUT2D eigenvalue weighted by atomic mass is 9.87. The molecule has 0 amide bonds. The van der Waals surface area contributed by atoms with E-state index in [1.165, 1.54) is 57.3 Å². The maximum atomic E-state index is 4.59. The molecule has 0 aliphatic carbocycles. The molecule has 0 saturated carbocycles. The number of nitrogens with zero attached hydrogens (tertiary/aromatic N) is 1. The molecule has 1 aromatic heterocycles. The van der Waals surface area contributed by atoms with E-state index in [0.29, 0.717) is 11.8 Å². The summed E-state index contributed by atoms with van der Waals surface area (Å²) in [5, 5.41) is 4.87. The van der Waals surface area contributed by atoms with E-state index in [4.69, 9.17) is 0 Å². The first-order valence-electron chi connectivity index (χ1n) is 12.3. The lowest BCUT2D eigenvalue weighted by Crippen LogP contribution is -2.26. The second-order valence-electron chi connectivity index (χ2n) is 9.36. The Bertz CT molecular complexity index is 1040. The molecule has 3 heteroatoms. The molecule has 172 valence electrons. The van der Waals surface area contributed by atoms with Crippen LogP contribution in [-0.4, -0.2) is 23.8 Å². The van der Waals surface area contributed by atoms with Crippen molar-refractivity contribution in [1.82, 2.24) is 10.3 Å². The smallest absolute Gasteiger partial charge is 0.0499 e. The number of piperidine rings is 1. The number of aliphatic imine (C=N–C) groups is 1. The van der Waals surface area contributed by atoms with E-state index in [2.05, 4.69) is 87.7 Å². The van der Waals surface area contributed by atoms with Crippen molar-refractivity contribution in [1.29, 1.82) is 0 Å². The minimum Gasteiger partial charge on any atom is -0.354 e. The first-order chi connectivity index (χ1) is 15.4. The fourth-order valence-corrected chi connectivity index (χ4v) is 5.11. The van der Waals surface area contributed by atoms with Crippen molar-refractivity contribution in [3.8, 4) is 0 Å². The molecule has 3 nitrogen and oxygen atoms in total. The van der Waals surface area contributed by atoms with Gasteiger partial charge >= 0.3 is 0 Å². The number of fused-ring (bicyclic) bond motifs is 1. The first kappa shape index (κ1) is 24.3. The van der Waals surface area contributed by atoms with E-state index in [1.807, 2.05) is 0 Å². The number of rotatable bonds is 8. The van der Waals surface area contributed by atoms with Crippen LogP contribution in [0.15, 0.2) is 53.2 Å². The van der Waals surface area contributed by atoms with E-state index in [0.717, 1.165) is 31.6 Å². The van der Waals surface area contributed by atoms with Gasteiger partial charge in [-0.3, -0.25) is 4.99 Å². The zero-order valence-electron chi connectivity index (χ0n) is 20.9. The Morgan fingerprint density at radius 3 is 2.50 bits per heavy atom. The van der Waals surface area contributed by atoms with Gasteiger partial charge in [-0.15, -0.1) is 0 Å². The largest absolute Gasteiger partial charge is 0.354 e. The van der Waals surface area contributed by atoms with Gasteiger partial charge in [-0.25, -0.2) is 0 Å². The molecule has 3 rings (SSSR count). The van der Waals surface area contributed by atoms with Gasteiger partial charge in [0.25, 0.3) is 0 Å². The molecule has 1 aliphatic heterocycles. The Hall–Kier alpha value is -2.39. The number of aromatic amines is 1. The summed E-state index contributed by atoms with van der Waals surface area (Å²) in [6.45, 7) is 19.5. The Kier molecular flexibility index (Phi) is 8.31. The lowest BCUT2D eigenvalue weighted by molar-refractivity contribution is 0.460. The van der Waals surface area contributed by atoms with Gasteiger partial charge in [-0.05, 0) is 105 Å². The van der Waals surface area contributed by atoms with Crippen LogP contribution in [-0.2, 0) is 0 Å². The van der Waals surface area contributed by atoms with Crippen LogP contribution in [0, 0.1) is 0 Å². The quantitative estimate of drug-likeness (QED) is 0.324. The van der Waals surface area contributed by atoms with Crippen LogP contribution in [0.2, 0.25) is 0 Å². The third kappa shape index (κ3) is 4.99. The van der Waals surface area contributed by atoms with E-state index in [-0.39, 0.29) is 0 Å². The van der Waals surface area contributed by atoms with Crippen LogP contribution >= 0.6 is 0 Å². The maximum absolute atomic E-state index is 4.59. The number of hydrogen-bond acceptors (Lipinski definition) is 2. The topological polar surface area (TPSA) is 40.2 Å². The zero-order chi connectivity index (χ0) is 23.3. The summed E-state index contributed by atoms with van der Waals surface area (Å²) in [5.74, 6) is 1.10. The van der Waals surface area contributed by atoms with Gasteiger partial charge in [0.2, 0.25) is 0 Å². The van der Waals surface area contributed by atoms with Crippen LogP contribution in [0.5, 0.6) is 0 Å². The van der Waals surface area contributed by atoms with Crippen molar-refractivity contribution < 1.29 is 0 Å². The zero-order valence-corrected chi connectivity index (χ0v) is 20.9. The fraction of sp³-hybridized carbons (Fsp3) is 0.483. The molecule has 1 aliphatic rings. The van der Waals surface area contributed by atoms with Crippen molar-refractivity contribution in [2.75, 3.05) is 13.1 Å². The summed E-state index contributed by atoms with van der Waals surface area (Å²) >= 11 is 0. The van der Waals surface area contributed by atoms with Crippen molar-refractivity contribution in [3.05, 3.63) is 65.0 Å². The highest BCUT2D eigenvalue weighted by molar-refractivity contribution is 6.04. The normalized spacial score (nSPS) is 17.2. The number of aromatic nitrogens is 1. The van der Waals surface area contributed by atoms with Crippen molar-refractivity contribution in [2.45, 2.75) is 79.1 Å². The van der Waals surface area contributed by atoms with Crippen LogP contribution < -0.4 is 5.32 Å². The van der Waals surface area contributed by atoms with E-state index < -0.39 is 0 Å². The molecule has 0 unspecified atom stereocenters. The third-order valence-electron chi connectivity index (χ3n) is 6.94. The second kappa shape index (κ2) is 11.0. The summed E-state index contributed by atoms with van der Waals surface area (Å²) in [6.07, 6.45) is 8.41. The minimum atomic E-state index is 0.432. The highest BCUT2D eigenvalue weighted by Crippen LogP contribution is 2.38.